The van der Waals surface area contributed by atoms with Gasteiger partial charge in [-0.15, -0.1) is 11.8 Å². The summed E-state index contributed by atoms with van der Waals surface area (Å²) in [6.45, 7) is 0.693. The van der Waals surface area contributed by atoms with Crippen LogP contribution in [0.15, 0.2) is 53.4 Å². The number of rotatable bonds is 6. The molecule has 134 valence electrons. The SMILES string of the molecule is O=C(CSc1ccccc1C(=O)O)Nc1cccc(N2CCCC2=O)c1. The lowest BCUT2D eigenvalue weighted by atomic mass is 10.2. The number of nitrogens with zero attached hydrogens (tertiary/aromatic N) is 1. The van der Waals surface area contributed by atoms with Crippen LogP contribution in [0.4, 0.5) is 11.4 Å². The molecule has 1 saturated heterocycles. The molecule has 1 aliphatic rings. The van der Waals surface area contributed by atoms with E-state index in [0.29, 0.717) is 23.5 Å². The van der Waals surface area contributed by atoms with Crippen LogP contribution in [0.3, 0.4) is 0 Å². The molecule has 0 spiro atoms. The van der Waals surface area contributed by atoms with Crippen LogP contribution < -0.4 is 10.2 Å². The van der Waals surface area contributed by atoms with Gasteiger partial charge < -0.3 is 15.3 Å². The van der Waals surface area contributed by atoms with Crippen LogP contribution in [0.5, 0.6) is 0 Å². The van der Waals surface area contributed by atoms with Crippen molar-refractivity contribution in [3.05, 3.63) is 54.1 Å². The molecule has 7 heteroatoms. The summed E-state index contributed by atoms with van der Waals surface area (Å²) in [4.78, 5) is 37.5. The van der Waals surface area contributed by atoms with E-state index < -0.39 is 5.97 Å². The van der Waals surface area contributed by atoms with Crippen molar-refractivity contribution in [3.8, 4) is 0 Å². The highest BCUT2D eigenvalue weighted by Gasteiger charge is 2.21. The molecule has 1 heterocycles. The summed E-state index contributed by atoms with van der Waals surface area (Å²) < 4.78 is 0. The number of thioether (sulfide) groups is 1. The van der Waals surface area contributed by atoms with Crippen molar-refractivity contribution in [2.45, 2.75) is 17.7 Å². The van der Waals surface area contributed by atoms with E-state index >= 15 is 0 Å². The maximum absolute atomic E-state index is 12.2. The minimum Gasteiger partial charge on any atom is -0.478 e. The Morgan fingerprint density at radius 3 is 2.69 bits per heavy atom. The molecular formula is C19H18N2O4S. The van der Waals surface area contributed by atoms with Crippen LogP contribution in [0.25, 0.3) is 0 Å². The normalized spacial score (nSPS) is 13.7. The summed E-state index contributed by atoms with van der Waals surface area (Å²) in [7, 11) is 0. The lowest BCUT2D eigenvalue weighted by Gasteiger charge is -2.16. The number of carbonyl (C=O) groups is 3. The maximum atomic E-state index is 12.2. The molecule has 2 N–H and O–H groups in total. The fourth-order valence-corrected chi connectivity index (χ4v) is 3.63. The number of benzene rings is 2. The second kappa shape index (κ2) is 8.05. The predicted molar refractivity (Wildman–Crippen MR) is 101 cm³/mol. The molecule has 0 atom stereocenters. The fourth-order valence-electron chi connectivity index (χ4n) is 2.78. The number of hydrogen-bond acceptors (Lipinski definition) is 4. The van der Waals surface area contributed by atoms with Gasteiger partial charge in [0.25, 0.3) is 0 Å². The minimum atomic E-state index is -1.02. The van der Waals surface area contributed by atoms with Gasteiger partial charge in [0, 0.05) is 29.2 Å². The van der Waals surface area contributed by atoms with Gasteiger partial charge >= 0.3 is 5.97 Å². The Balaban J connectivity index is 1.62. The zero-order chi connectivity index (χ0) is 18.5. The van der Waals surface area contributed by atoms with E-state index in [0.717, 1.165) is 12.1 Å². The summed E-state index contributed by atoms with van der Waals surface area (Å²) >= 11 is 1.18. The van der Waals surface area contributed by atoms with E-state index in [1.807, 2.05) is 6.07 Å². The van der Waals surface area contributed by atoms with Gasteiger partial charge in [-0.3, -0.25) is 9.59 Å². The predicted octanol–water partition coefficient (Wildman–Crippen LogP) is 3.24. The summed E-state index contributed by atoms with van der Waals surface area (Å²) in [5.74, 6) is -1.07. The second-order valence-electron chi connectivity index (χ2n) is 5.84. The molecule has 0 aromatic heterocycles. The van der Waals surface area contributed by atoms with Crippen molar-refractivity contribution in [2.75, 3.05) is 22.5 Å². The van der Waals surface area contributed by atoms with Crippen molar-refractivity contribution in [1.29, 1.82) is 0 Å². The number of carboxylic acid groups (broad SMARTS) is 1. The first kappa shape index (κ1) is 18.0. The number of carbonyl (C=O) groups excluding carboxylic acids is 2. The topological polar surface area (TPSA) is 86.7 Å². The van der Waals surface area contributed by atoms with Crippen LogP contribution in [0, 0.1) is 0 Å². The van der Waals surface area contributed by atoms with Gasteiger partial charge in [0.05, 0.1) is 11.3 Å². The van der Waals surface area contributed by atoms with Gasteiger partial charge in [-0.25, -0.2) is 4.79 Å². The number of hydrogen-bond donors (Lipinski definition) is 2. The largest absolute Gasteiger partial charge is 0.478 e. The highest BCUT2D eigenvalue weighted by Crippen LogP contribution is 2.25. The maximum Gasteiger partial charge on any atom is 0.336 e. The molecule has 0 aliphatic carbocycles. The lowest BCUT2D eigenvalue weighted by Crippen LogP contribution is -2.23. The standard InChI is InChI=1S/C19H18N2O4S/c22-17(12-26-16-8-2-1-7-15(16)19(24)25)20-13-5-3-6-14(11-13)21-10-4-9-18(21)23/h1-3,5-8,11H,4,9-10,12H2,(H,20,22)(H,24,25). The molecule has 3 rings (SSSR count). The Morgan fingerprint density at radius 1 is 1.15 bits per heavy atom. The van der Waals surface area contributed by atoms with Gasteiger partial charge in [0.15, 0.2) is 0 Å². The monoisotopic (exact) mass is 370 g/mol. The first-order valence-corrected chi connectivity index (χ1v) is 9.18. The average molecular weight is 370 g/mol. The van der Waals surface area contributed by atoms with Crippen molar-refractivity contribution < 1.29 is 19.5 Å². The molecule has 6 nitrogen and oxygen atoms in total. The van der Waals surface area contributed by atoms with Gasteiger partial charge in [-0.2, -0.15) is 0 Å². The molecule has 0 bridgehead atoms. The van der Waals surface area contributed by atoms with E-state index in [1.54, 1.807) is 41.3 Å². The first-order valence-electron chi connectivity index (χ1n) is 8.20. The molecule has 0 radical (unpaired) electrons. The summed E-state index contributed by atoms with van der Waals surface area (Å²) in [5.41, 5.74) is 1.56. The molecule has 0 unspecified atom stereocenters. The van der Waals surface area contributed by atoms with E-state index in [9.17, 15) is 19.5 Å². The van der Waals surface area contributed by atoms with Crippen LogP contribution in [0.2, 0.25) is 0 Å². The van der Waals surface area contributed by atoms with Gasteiger partial charge in [-0.05, 0) is 36.8 Å². The van der Waals surface area contributed by atoms with Crippen LogP contribution >= 0.6 is 11.8 Å². The number of aromatic carboxylic acids is 1. The third-order valence-electron chi connectivity index (χ3n) is 3.99. The molecule has 1 aliphatic heterocycles. The Labute approximate surface area is 155 Å². The van der Waals surface area contributed by atoms with Crippen molar-refractivity contribution in [2.24, 2.45) is 0 Å². The lowest BCUT2D eigenvalue weighted by molar-refractivity contribution is -0.117. The molecule has 0 saturated carbocycles. The van der Waals surface area contributed by atoms with Gasteiger partial charge in [-0.1, -0.05) is 18.2 Å². The third kappa shape index (κ3) is 4.23. The number of carboxylic acids is 1. The Morgan fingerprint density at radius 2 is 1.96 bits per heavy atom. The van der Waals surface area contributed by atoms with Crippen LogP contribution in [-0.2, 0) is 9.59 Å². The highest BCUT2D eigenvalue weighted by molar-refractivity contribution is 8.00. The van der Waals surface area contributed by atoms with Crippen LogP contribution in [-0.4, -0.2) is 35.2 Å². The molecule has 26 heavy (non-hydrogen) atoms. The summed E-state index contributed by atoms with van der Waals surface area (Å²) in [6, 6.07) is 13.8. The highest BCUT2D eigenvalue weighted by atomic mass is 32.2. The van der Waals surface area contributed by atoms with E-state index in [1.165, 1.54) is 17.8 Å². The van der Waals surface area contributed by atoms with E-state index in [2.05, 4.69) is 5.32 Å². The smallest absolute Gasteiger partial charge is 0.336 e. The number of anilines is 2. The summed E-state index contributed by atoms with van der Waals surface area (Å²) in [6.07, 6.45) is 1.39. The average Bonchev–Trinajstić information content (AvgIpc) is 3.06. The Kier molecular flexibility index (Phi) is 5.58. The molecule has 2 aromatic carbocycles. The summed E-state index contributed by atoms with van der Waals surface area (Å²) in [5, 5.41) is 12.0. The van der Waals surface area contributed by atoms with E-state index in [4.69, 9.17) is 0 Å². The molecular weight excluding hydrogens is 352 g/mol. The minimum absolute atomic E-state index is 0.0920. The zero-order valence-corrected chi connectivity index (χ0v) is 14.8. The second-order valence-corrected chi connectivity index (χ2v) is 6.85. The molecule has 2 amide bonds. The Hall–Kier alpha value is -2.80. The fraction of sp³-hybridized carbons (Fsp3) is 0.211. The Bertz CT molecular complexity index is 853. The van der Waals surface area contributed by atoms with Gasteiger partial charge in [0.1, 0.15) is 0 Å². The molecule has 2 aromatic rings. The quantitative estimate of drug-likeness (QED) is 0.763. The number of amides is 2. The zero-order valence-electron chi connectivity index (χ0n) is 14.0. The third-order valence-corrected chi connectivity index (χ3v) is 5.06. The van der Waals surface area contributed by atoms with Crippen LogP contribution in [0.1, 0.15) is 23.2 Å². The van der Waals surface area contributed by atoms with Crippen molar-refractivity contribution in [3.63, 3.8) is 0 Å². The van der Waals surface area contributed by atoms with E-state index in [-0.39, 0.29) is 23.1 Å². The van der Waals surface area contributed by atoms with Crippen molar-refractivity contribution >= 4 is 40.9 Å². The van der Waals surface area contributed by atoms with Crippen molar-refractivity contribution in [1.82, 2.24) is 0 Å². The van der Waals surface area contributed by atoms with Gasteiger partial charge in [0.2, 0.25) is 11.8 Å². The number of nitrogens with one attached hydrogen (secondary N) is 1. The first-order chi connectivity index (χ1) is 12.5. The molecule has 1 fully saturated rings.